The molecule has 3 nitrogen and oxygen atoms in total. The van der Waals surface area contributed by atoms with Crippen molar-refractivity contribution < 1.29 is 5.11 Å². The number of piperidine rings is 1. The van der Waals surface area contributed by atoms with Gasteiger partial charge >= 0.3 is 0 Å². The van der Waals surface area contributed by atoms with E-state index in [0.29, 0.717) is 5.92 Å². The summed E-state index contributed by atoms with van der Waals surface area (Å²) in [5, 5.41) is 12.9. The normalized spacial score (nSPS) is 29.3. The average Bonchev–Trinajstić information content (AvgIpc) is 2.86. The summed E-state index contributed by atoms with van der Waals surface area (Å²) >= 11 is 1.79. The molecule has 2 heterocycles. The molecule has 1 N–H and O–H groups in total. The van der Waals surface area contributed by atoms with Crippen molar-refractivity contribution in [2.45, 2.75) is 51.0 Å². The topological polar surface area (TPSA) is 36.4 Å². The van der Waals surface area contributed by atoms with Gasteiger partial charge in [-0.05, 0) is 64.2 Å². The smallest absolute Gasteiger partial charge is 0.115 e. The van der Waals surface area contributed by atoms with Crippen molar-refractivity contribution in [3.05, 3.63) is 38.9 Å². The maximum Gasteiger partial charge on any atom is 0.115 e. The van der Waals surface area contributed by atoms with Crippen molar-refractivity contribution in [1.82, 2.24) is 9.88 Å². The molecule has 1 aromatic rings. The van der Waals surface area contributed by atoms with Gasteiger partial charge in [0.25, 0.3) is 0 Å². The van der Waals surface area contributed by atoms with Crippen LogP contribution >= 0.6 is 11.3 Å². The Morgan fingerprint density at radius 1 is 1.35 bits per heavy atom. The highest BCUT2D eigenvalue weighted by Gasteiger charge is 2.45. The van der Waals surface area contributed by atoms with Crippen molar-refractivity contribution in [1.29, 1.82) is 0 Å². The van der Waals surface area contributed by atoms with E-state index in [9.17, 15) is 5.11 Å². The molecule has 1 saturated heterocycles. The van der Waals surface area contributed by atoms with E-state index in [1.807, 2.05) is 0 Å². The Hall–Kier alpha value is -0.970. The molecule has 0 saturated carbocycles. The van der Waals surface area contributed by atoms with Crippen LogP contribution in [0.1, 0.15) is 47.7 Å². The summed E-state index contributed by atoms with van der Waals surface area (Å²) in [6.45, 7) is 4.23. The van der Waals surface area contributed by atoms with E-state index in [1.165, 1.54) is 16.0 Å². The number of hydrogen-bond donors (Lipinski definition) is 1. The van der Waals surface area contributed by atoms with Crippen LogP contribution in [0.5, 0.6) is 0 Å². The number of allylic oxidation sites excluding steroid dienone is 3. The van der Waals surface area contributed by atoms with E-state index in [0.717, 1.165) is 62.3 Å². The molecule has 4 heteroatoms. The lowest BCUT2D eigenvalue weighted by atomic mass is 9.74. The SMILES string of the molecule is Cc1nc2c(s1)CC1=C(C=CCC1)CC2(O)C1CCN(C)CC1. The molecule has 1 aliphatic heterocycles. The molecular weight excluding hydrogens is 304 g/mol. The second kappa shape index (κ2) is 5.83. The summed E-state index contributed by atoms with van der Waals surface area (Å²) in [6, 6.07) is 0. The third-order valence-corrected chi connectivity index (χ3v) is 6.80. The lowest BCUT2D eigenvalue weighted by molar-refractivity contribution is -0.0486. The van der Waals surface area contributed by atoms with Gasteiger partial charge in [-0.2, -0.15) is 0 Å². The Balaban J connectivity index is 1.77. The van der Waals surface area contributed by atoms with E-state index >= 15 is 0 Å². The molecule has 1 unspecified atom stereocenters. The van der Waals surface area contributed by atoms with Crippen LogP contribution in [0.3, 0.4) is 0 Å². The minimum atomic E-state index is -0.778. The van der Waals surface area contributed by atoms with Crippen molar-refractivity contribution in [3.8, 4) is 0 Å². The van der Waals surface area contributed by atoms with Gasteiger partial charge in [-0.15, -0.1) is 11.3 Å². The number of rotatable bonds is 1. The first-order valence-corrected chi connectivity index (χ1v) is 9.63. The Kier molecular flexibility index (Phi) is 3.94. The third-order valence-electron chi connectivity index (χ3n) is 5.83. The Morgan fingerprint density at radius 3 is 2.91 bits per heavy atom. The first kappa shape index (κ1) is 15.6. The van der Waals surface area contributed by atoms with Crippen LogP contribution in [0, 0.1) is 12.8 Å². The predicted molar refractivity (Wildman–Crippen MR) is 94.7 cm³/mol. The summed E-state index contributed by atoms with van der Waals surface area (Å²) < 4.78 is 0. The first-order valence-electron chi connectivity index (χ1n) is 8.81. The number of aromatic nitrogens is 1. The molecule has 23 heavy (non-hydrogen) atoms. The Bertz CT molecular complexity index is 667. The van der Waals surface area contributed by atoms with Crippen molar-refractivity contribution >= 4 is 11.3 Å². The van der Waals surface area contributed by atoms with Gasteiger partial charge in [0.2, 0.25) is 0 Å². The molecule has 4 rings (SSSR count). The zero-order valence-corrected chi connectivity index (χ0v) is 15.0. The van der Waals surface area contributed by atoms with E-state index in [1.54, 1.807) is 11.3 Å². The molecule has 1 fully saturated rings. The molecule has 124 valence electrons. The number of nitrogens with zero attached hydrogens (tertiary/aromatic N) is 2. The van der Waals surface area contributed by atoms with E-state index < -0.39 is 5.60 Å². The first-order chi connectivity index (χ1) is 11.1. The zero-order valence-electron chi connectivity index (χ0n) is 14.1. The van der Waals surface area contributed by atoms with Gasteiger partial charge in [0.05, 0.1) is 10.7 Å². The second-order valence-electron chi connectivity index (χ2n) is 7.43. The highest BCUT2D eigenvalue weighted by molar-refractivity contribution is 7.11. The average molecular weight is 330 g/mol. The van der Waals surface area contributed by atoms with Crippen LogP contribution < -0.4 is 0 Å². The maximum absolute atomic E-state index is 11.8. The fourth-order valence-corrected chi connectivity index (χ4v) is 5.53. The molecule has 0 aromatic carbocycles. The molecule has 0 spiro atoms. The summed E-state index contributed by atoms with van der Waals surface area (Å²) in [6.07, 6.45) is 10.7. The number of hydrogen-bond acceptors (Lipinski definition) is 4. The monoisotopic (exact) mass is 330 g/mol. The fourth-order valence-electron chi connectivity index (χ4n) is 4.47. The molecule has 2 aliphatic carbocycles. The van der Waals surface area contributed by atoms with Crippen LogP contribution in [0.15, 0.2) is 23.3 Å². The van der Waals surface area contributed by atoms with Gasteiger partial charge in [0.1, 0.15) is 5.60 Å². The highest BCUT2D eigenvalue weighted by Crippen LogP contribution is 2.47. The molecule has 0 amide bonds. The Labute approximate surface area is 142 Å². The standard InChI is InChI=1S/C19H26N2OS/c1-13-20-18-17(23-13)11-14-5-3-4-6-15(14)12-19(18,22)16-7-9-21(2)10-8-16/h4,6,16,22H,3,5,7-12H2,1-2H3. The molecule has 1 aromatic heterocycles. The van der Waals surface area contributed by atoms with Crippen LogP contribution in [0.4, 0.5) is 0 Å². The second-order valence-corrected chi connectivity index (χ2v) is 8.72. The van der Waals surface area contributed by atoms with Gasteiger partial charge in [-0.3, -0.25) is 0 Å². The largest absolute Gasteiger partial charge is 0.383 e. The highest BCUT2D eigenvalue weighted by atomic mass is 32.1. The van der Waals surface area contributed by atoms with Crippen LogP contribution in [-0.2, 0) is 12.0 Å². The summed E-state index contributed by atoms with van der Waals surface area (Å²) in [7, 11) is 2.18. The van der Waals surface area contributed by atoms with Crippen molar-refractivity contribution in [2.24, 2.45) is 5.92 Å². The quantitative estimate of drug-likeness (QED) is 0.855. The van der Waals surface area contributed by atoms with Crippen molar-refractivity contribution in [3.63, 3.8) is 0 Å². The minimum absolute atomic E-state index is 0.320. The Morgan fingerprint density at radius 2 is 2.13 bits per heavy atom. The molecule has 0 radical (unpaired) electrons. The van der Waals surface area contributed by atoms with E-state index in [-0.39, 0.29) is 0 Å². The number of aliphatic hydroxyl groups is 1. The number of likely N-dealkylation sites (tertiary alicyclic amines) is 1. The lowest BCUT2D eigenvalue weighted by Crippen LogP contribution is -2.43. The van der Waals surface area contributed by atoms with Gasteiger partial charge < -0.3 is 10.0 Å². The predicted octanol–water partition coefficient (Wildman–Crippen LogP) is 3.57. The number of thiazole rings is 1. The molecular formula is C19H26N2OS. The molecule has 3 aliphatic rings. The lowest BCUT2D eigenvalue weighted by Gasteiger charge is -2.40. The van der Waals surface area contributed by atoms with Gasteiger partial charge in [-0.25, -0.2) is 4.98 Å². The van der Waals surface area contributed by atoms with E-state index in [2.05, 4.69) is 31.0 Å². The zero-order chi connectivity index (χ0) is 16.0. The van der Waals surface area contributed by atoms with Crippen LogP contribution in [-0.4, -0.2) is 35.1 Å². The summed E-state index contributed by atoms with van der Waals surface area (Å²) in [4.78, 5) is 8.50. The van der Waals surface area contributed by atoms with Crippen LogP contribution in [0.25, 0.3) is 0 Å². The number of aryl methyl sites for hydroxylation is 1. The van der Waals surface area contributed by atoms with Crippen LogP contribution in [0.2, 0.25) is 0 Å². The van der Waals surface area contributed by atoms with Gasteiger partial charge in [0, 0.05) is 17.7 Å². The minimum Gasteiger partial charge on any atom is -0.383 e. The fraction of sp³-hybridized carbons (Fsp3) is 0.632. The maximum atomic E-state index is 11.8. The summed E-state index contributed by atoms with van der Waals surface area (Å²) in [5.41, 5.74) is 3.12. The number of fused-ring (bicyclic) bond motifs is 1. The van der Waals surface area contributed by atoms with Gasteiger partial charge in [-0.1, -0.05) is 17.7 Å². The van der Waals surface area contributed by atoms with E-state index in [4.69, 9.17) is 4.98 Å². The van der Waals surface area contributed by atoms with Crippen molar-refractivity contribution in [2.75, 3.05) is 20.1 Å². The molecule has 0 bridgehead atoms. The summed E-state index contributed by atoms with van der Waals surface area (Å²) in [5.74, 6) is 0.320. The molecule has 1 atom stereocenters. The van der Waals surface area contributed by atoms with Gasteiger partial charge in [0.15, 0.2) is 0 Å². The third kappa shape index (κ3) is 2.71.